The predicted molar refractivity (Wildman–Crippen MR) is 70.6 cm³/mol. The number of ether oxygens (including phenoxy) is 1. The Bertz CT molecular complexity index is 158. The summed E-state index contributed by atoms with van der Waals surface area (Å²) in [5.74, 6) is 0.673. The average molecular weight is 230 g/mol. The summed E-state index contributed by atoms with van der Waals surface area (Å²) < 4.78 is 5.27. The lowest BCUT2D eigenvalue weighted by Crippen LogP contribution is -2.50. The van der Waals surface area contributed by atoms with Crippen LogP contribution in [0.4, 0.5) is 0 Å². The van der Waals surface area contributed by atoms with Crippen molar-refractivity contribution < 1.29 is 4.74 Å². The molecule has 0 aliphatic heterocycles. The number of hydrogen-bond donors (Lipinski definition) is 1. The zero-order valence-corrected chi connectivity index (χ0v) is 11.7. The van der Waals surface area contributed by atoms with E-state index in [1.165, 1.54) is 12.8 Å². The molecular weight excluding hydrogens is 200 g/mol. The van der Waals surface area contributed by atoms with E-state index in [0.717, 1.165) is 13.2 Å². The van der Waals surface area contributed by atoms with Crippen molar-refractivity contribution in [2.45, 2.75) is 52.6 Å². The summed E-state index contributed by atoms with van der Waals surface area (Å²) >= 11 is 0. The number of rotatable bonds is 9. The largest absolute Gasteiger partial charge is 0.383 e. The van der Waals surface area contributed by atoms with Gasteiger partial charge in [-0.15, -0.1) is 0 Å². The molecule has 2 N–H and O–H groups in total. The lowest BCUT2D eigenvalue weighted by atomic mass is 10.0. The number of nitrogens with zero attached hydrogens (tertiary/aromatic N) is 1. The Morgan fingerprint density at radius 1 is 1.12 bits per heavy atom. The Kier molecular flexibility index (Phi) is 8.90. The number of nitrogens with two attached hydrogens (primary N) is 1. The van der Waals surface area contributed by atoms with Crippen LogP contribution in [0, 0.1) is 5.92 Å². The van der Waals surface area contributed by atoms with Gasteiger partial charge in [0, 0.05) is 32.3 Å². The molecule has 0 aromatic rings. The molecule has 0 saturated heterocycles. The first-order valence-corrected chi connectivity index (χ1v) is 6.55. The molecule has 0 radical (unpaired) electrons. The highest BCUT2D eigenvalue weighted by Gasteiger charge is 2.23. The second-order valence-corrected chi connectivity index (χ2v) is 4.91. The molecule has 0 aromatic carbocycles. The predicted octanol–water partition coefficient (Wildman–Crippen LogP) is 2.11. The molecule has 0 rings (SSSR count). The van der Waals surface area contributed by atoms with Crippen LogP contribution < -0.4 is 5.73 Å². The molecule has 0 heterocycles. The van der Waals surface area contributed by atoms with Gasteiger partial charge in [0.05, 0.1) is 6.61 Å². The fraction of sp³-hybridized carbons (Fsp3) is 1.00. The van der Waals surface area contributed by atoms with Crippen LogP contribution in [0.15, 0.2) is 0 Å². The van der Waals surface area contributed by atoms with Gasteiger partial charge in [0.25, 0.3) is 0 Å². The average Bonchev–Trinajstić information content (AvgIpc) is 2.25. The molecule has 1 unspecified atom stereocenters. The Balaban J connectivity index is 4.59. The van der Waals surface area contributed by atoms with Crippen LogP contribution in [-0.2, 0) is 4.74 Å². The minimum atomic E-state index is 0.359. The van der Waals surface area contributed by atoms with Gasteiger partial charge in [-0.05, 0) is 18.8 Å². The molecule has 0 amide bonds. The van der Waals surface area contributed by atoms with Crippen molar-refractivity contribution in [3.05, 3.63) is 0 Å². The first-order valence-electron chi connectivity index (χ1n) is 6.55. The summed E-state index contributed by atoms with van der Waals surface area (Å²) in [7, 11) is 1.75. The normalized spacial score (nSPS) is 14.1. The van der Waals surface area contributed by atoms with Crippen molar-refractivity contribution in [1.29, 1.82) is 0 Å². The van der Waals surface area contributed by atoms with E-state index in [1.807, 2.05) is 0 Å². The zero-order chi connectivity index (χ0) is 12.6. The SMILES string of the molecule is CCC(CC)N(CC(C)C)C(CN)COC. The van der Waals surface area contributed by atoms with Crippen LogP contribution in [-0.4, -0.2) is 43.8 Å². The third-order valence-corrected chi connectivity index (χ3v) is 3.09. The molecule has 3 nitrogen and oxygen atoms in total. The molecule has 3 heteroatoms. The van der Waals surface area contributed by atoms with Crippen molar-refractivity contribution in [3.8, 4) is 0 Å². The molecule has 98 valence electrons. The summed E-state index contributed by atoms with van der Waals surface area (Å²) in [6.45, 7) is 11.5. The number of hydrogen-bond acceptors (Lipinski definition) is 3. The zero-order valence-electron chi connectivity index (χ0n) is 11.7. The van der Waals surface area contributed by atoms with E-state index in [9.17, 15) is 0 Å². The second kappa shape index (κ2) is 8.97. The molecule has 0 spiro atoms. The summed E-state index contributed by atoms with van der Waals surface area (Å²) in [4.78, 5) is 2.54. The summed E-state index contributed by atoms with van der Waals surface area (Å²) in [5, 5.41) is 0. The van der Waals surface area contributed by atoms with Gasteiger partial charge in [-0.25, -0.2) is 0 Å². The molecule has 0 bridgehead atoms. The quantitative estimate of drug-likeness (QED) is 0.659. The van der Waals surface area contributed by atoms with Crippen molar-refractivity contribution in [1.82, 2.24) is 4.90 Å². The van der Waals surface area contributed by atoms with Gasteiger partial charge in [-0.1, -0.05) is 27.7 Å². The van der Waals surface area contributed by atoms with E-state index < -0.39 is 0 Å². The maximum absolute atomic E-state index is 5.86. The molecule has 0 saturated carbocycles. The third-order valence-electron chi connectivity index (χ3n) is 3.09. The van der Waals surface area contributed by atoms with Crippen molar-refractivity contribution in [2.24, 2.45) is 11.7 Å². The maximum atomic E-state index is 5.86. The molecule has 0 aliphatic rings. The van der Waals surface area contributed by atoms with Gasteiger partial charge in [0.1, 0.15) is 0 Å². The van der Waals surface area contributed by atoms with Crippen LogP contribution in [0.3, 0.4) is 0 Å². The van der Waals surface area contributed by atoms with E-state index in [4.69, 9.17) is 10.5 Å². The van der Waals surface area contributed by atoms with Gasteiger partial charge >= 0.3 is 0 Å². The molecule has 0 aliphatic carbocycles. The fourth-order valence-corrected chi connectivity index (χ4v) is 2.27. The van der Waals surface area contributed by atoms with Crippen molar-refractivity contribution in [3.63, 3.8) is 0 Å². The van der Waals surface area contributed by atoms with Gasteiger partial charge in [0.15, 0.2) is 0 Å². The second-order valence-electron chi connectivity index (χ2n) is 4.91. The minimum absolute atomic E-state index is 0.359. The Morgan fingerprint density at radius 2 is 1.69 bits per heavy atom. The maximum Gasteiger partial charge on any atom is 0.0630 e. The van der Waals surface area contributed by atoms with Gasteiger partial charge in [0.2, 0.25) is 0 Å². The lowest BCUT2D eigenvalue weighted by molar-refractivity contribution is 0.0524. The van der Waals surface area contributed by atoms with Crippen LogP contribution >= 0.6 is 0 Å². The molecule has 0 aromatic heterocycles. The third kappa shape index (κ3) is 5.28. The monoisotopic (exact) mass is 230 g/mol. The highest BCUT2D eigenvalue weighted by molar-refractivity contribution is 4.79. The van der Waals surface area contributed by atoms with E-state index in [2.05, 4.69) is 32.6 Å². The Morgan fingerprint density at radius 3 is 2.00 bits per heavy atom. The first kappa shape index (κ1) is 15.9. The number of methoxy groups -OCH3 is 1. The van der Waals surface area contributed by atoms with Gasteiger partial charge in [-0.2, -0.15) is 0 Å². The standard InChI is InChI=1S/C13H30N2O/c1-6-12(7-2)15(9-11(3)4)13(8-14)10-16-5/h11-13H,6-10,14H2,1-5H3. The van der Waals surface area contributed by atoms with Gasteiger partial charge < -0.3 is 10.5 Å². The molecule has 1 atom stereocenters. The summed E-state index contributed by atoms with van der Waals surface area (Å²) in [6, 6.07) is 0.989. The Labute approximate surface area is 101 Å². The van der Waals surface area contributed by atoms with Crippen molar-refractivity contribution >= 4 is 0 Å². The van der Waals surface area contributed by atoms with E-state index in [0.29, 0.717) is 24.5 Å². The molecular formula is C13H30N2O. The van der Waals surface area contributed by atoms with Crippen LogP contribution in [0.2, 0.25) is 0 Å². The van der Waals surface area contributed by atoms with Gasteiger partial charge in [-0.3, -0.25) is 4.90 Å². The highest BCUT2D eigenvalue weighted by Crippen LogP contribution is 2.15. The topological polar surface area (TPSA) is 38.5 Å². The first-order chi connectivity index (χ1) is 7.60. The highest BCUT2D eigenvalue weighted by atomic mass is 16.5. The van der Waals surface area contributed by atoms with Crippen LogP contribution in [0.1, 0.15) is 40.5 Å². The van der Waals surface area contributed by atoms with Crippen LogP contribution in [0.5, 0.6) is 0 Å². The molecule has 16 heavy (non-hydrogen) atoms. The van der Waals surface area contributed by atoms with E-state index in [-0.39, 0.29) is 0 Å². The summed E-state index contributed by atoms with van der Waals surface area (Å²) in [5.41, 5.74) is 5.86. The summed E-state index contributed by atoms with van der Waals surface area (Å²) in [6.07, 6.45) is 2.37. The fourth-order valence-electron chi connectivity index (χ4n) is 2.27. The van der Waals surface area contributed by atoms with E-state index >= 15 is 0 Å². The smallest absolute Gasteiger partial charge is 0.0630 e. The molecule has 0 fully saturated rings. The Hall–Kier alpha value is -0.120. The van der Waals surface area contributed by atoms with Crippen molar-refractivity contribution in [2.75, 3.05) is 26.8 Å². The minimum Gasteiger partial charge on any atom is -0.383 e. The lowest BCUT2D eigenvalue weighted by Gasteiger charge is -2.37. The van der Waals surface area contributed by atoms with E-state index in [1.54, 1.807) is 7.11 Å². The van der Waals surface area contributed by atoms with Crippen LogP contribution in [0.25, 0.3) is 0 Å².